The number of rotatable bonds is 4. The Kier molecular flexibility index (Phi) is 4.96. The second-order valence-corrected chi connectivity index (χ2v) is 4.82. The molecule has 1 aromatic rings. The van der Waals surface area contributed by atoms with Crippen molar-refractivity contribution in [3.63, 3.8) is 0 Å². The van der Waals surface area contributed by atoms with Gasteiger partial charge in [0.2, 0.25) is 5.91 Å². The smallest absolute Gasteiger partial charge is 0.241 e. The molecule has 0 aliphatic heterocycles. The molecule has 1 rings (SSSR count). The van der Waals surface area contributed by atoms with Crippen LogP contribution in [0.5, 0.6) is 0 Å². The first-order chi connectivity index (χ1) is 7.54. The van der Waals surface area contributed by atoms with Gasteiger partial charge in [-0.25, -0.2) is 0 Å². The van der Waals surface area contributed by atoms with E-state index in [9.17, 15) is 4.79 Å². The third-order valence-electron chi connectivity index (χ3n) is 2.67. The maximum atomic E-state index is 11.7. The molecule has 16 heavy (non-hydrogen) atoms. The van der Waals surface area contributed by atoms with Gasteiger partial charge in [0.05, 0.1) is 6.04 Å². The van der Waals surface area contributed by atoms with Gasteiger partial charge in [0.1, 0.15) is 0 Å². The molecule has 0 saturated carbocycles. The molecule has 0 aliphatic rings. The normalized spacial score (nSPS) is 14.2. The van der Waals surface area contributed by atoms with Crippen molar-refractivity contribution in [2.45, 2.75) is 26.3 Å². The Morgan fingerprint density at radius 1 is 1.44 bits per heavy atom. The average molecular weight is 285 g/mol. The summed E-state index contributed by atoms with van der Waals surface area (Å²) in [6.07, 6.45) is 0.898. The van der Waals surface area contributed by atoms with Crippen LogP contribution >= 0.6 is 15.9 Å². The molecule has 0 aromatic heterocycles. The third-order valence-corrected chi connectivity index (χ3v) is 3.20. The summed E-state index contributed by atoms with van der Waals surface area (Å²) < 4.78 is 0.983. The number of halogens is 1. The Bertz CT molecular complexity index is 351. The zero-order valence-corrected chi connectivity index (χ0v) is 11.1. The molecule has 0 bridgehead atoms. The number of nitrogens with two attached hydrogens (primary N) is 1. The zero-order chi connectivity index (χ0) is 12.1. The highest BCUT2D eigenvalue weighted by Gasteiger charge is 2.19. The summed E-state index contributed by atoms with van der Waals surface area (Å²) >= 11 is 3.34. The fourth-order valence-electron chi connectivity index (χ4n) is 1.27. The maximum absolute atomic E-state index is 11.7. The number of anilines is 1. The topological polar surface area (TPSA) is 55.1 Å². The predicted octanol–water partition coefficient (Wildman–Crippen LogP) is 2.76. The van der Waals surface area contributed by atoms with Crippen LogP contribution in [-0.2, 0) is 4.79 Å². The Labute approximate surface area is 105 Å². The van der Waals surface area contributed by atoms with Crippen LogP contribution in [0.15, 0.2) is 28.7 Å². The molecule has 2 atom stereocenters. The van der Waals surface area contributed by atoms with E-state index in [0.717, 1.165) is 16.6 Å². The van der Waals surface area contributed by atoms with E-state index in [2.05, 4.69) is 21.2 Å². The molecule has 3 N–H and O–H groups in total. The summed E-state index contributed by atoms with van der Waals surface area (Å²) in [6, 6.07) is 6.99. The van der Waals surface area contributed by atoms with Gasteiger partial charge in [0, 0.05) is 10.2 Å². The first-order valence-corrected chi connectivity index (χ1v) is 6.16. The lowest BCUT2D eigenvalue weighted by atomic mass is 9.99. The lowest BCUT2D eigenvalue weighted by Gasteiger charge is -2.17. The molecule has 4 heteroatoms. The van der Waals surface area contributed by atoms with Crippen molar-refractivity contribution in [2.75, 3.05) is 5.32 Å². The van der Waals surface area contributed by atoms with E-state index in [1.807, 2.05) is 38.1 Å². The van der Waals surface area contributed by atoms with Crippen molar-refractivity contribution in [1.82, 2.24) is 0 Å². The van der Waals surface area contributed by atoms with Crippen LogP contribution in [-0.4, -0.2) is 11.9 Å². The zero-order valence-electron chi connectivity index (χ0n) is 9.53. The highest BCUT2D eigenvalue weighted by Crippen LogP contribution is 2.15. The maximum Gasteiger partial charge on any atom is 0.241 e. The number of carbonyl (C=O) groups is 1. The van der Waals surface area contributed by atoms with Gasteiger partial charge in [-0.1, -0.05) is 36.2 Å². The summed E-state index contributed by atoms with van der Waals surface area (Å²) in [5.74, 6) is 0.0621. The third kappa shape index (κ3) is 3.61. The van der Waals surface area contributed by atoms with Crippen LogP contribution in [0.4, 0.5) is 5.69 Å². The minimum atomic E-state index is -0.450. The molecule has 0 fully saturated rings. The van der Waals surface area contributed by atoms with E-state index in [0.29, 0.717) is 0 Å². The Hall–Kier alpha value is -0.870. The van der Waals surface area contributed by atoms with Crippen LogP contribution in [0, 0.1) is 5.92 Å². The van der Waals surface area contributed by atoms with Gasteiger partial charge < -0.3 is 11.1 Å². The highest BCUT2D eigenvalue weighted by atomic mass is 79.9. The number of nitrogens with one attached hydrogen (secondary N) is 1. The fraction of sp³-hybridized carbons (Fsp3) is 0.417. The molecule has 0 saturated heterocycles. The van der Waals surface area contributed by atoms with Gasteiger partial charge in [-0.3, -0.25) is 4.79 Å². The molecule has 88 valence electrons. The van der Waals surface area contributed by atoms with Crippen molar-refractivity contribution in [1.29, 1.82) is 0 Å². The number of amides is 1. The number of carbonyl (C=O) groups excluding carboxylic acids is 1. The lowest BCUT2D eigenvalue weighted by molar-refractivity contribution is -0.118. The Morgan fingerprint density at radius 2 is 2.00 bits per heavy atom. The van der Waals surface area contributed by atoms with E-state index in [1.54, 1.807) is 0 Å². The summed E-state index contributed by atoms with van der Waals surface area (Å²) in [5.41, 5.74) is 6.60. The molecule has 0 radical (unpaired) electrons. The van der Waals surface area contributed by atoms with Gasteiger partial charge in [-0.05, 0) is 30.2 Å². The largest absolute Gasteiger partial charge is 0.325 e. The van der Waals surface area contributed by atoms with Crippen molar-refractivity contribution < 1.29 is 4.79 Å². The second-order valence-electron chi connectivity index (χ2n) is 3.91. The van der Waals surface area contributed by atoms with E-state index >= 15 is 0 Å². The molecule has 1 aromatic carbocycles. The highest BCUT2D eigenvalue weighted by molar-refractivity contribution is 9.10. The molecular weight excluding hydrogens is 268 g/mol. The molecule has 0 spiro atoms. The van der Waals surface area contributed by atoms with E-state index < -0.39 is 6.04 Å². The van der Waals surface area contributed by atoms with Crippen LogP contribution in [0.25, 0.3) is 0 Å². The van der Waals surface area contributed by atoms with Gasteiger partial charge in [0.25, 0.3) is 0 Å². The molecule has 3 nitrogen and oxygen atoms in total. The standard InChI is InChI=1S/C12H17BrN2O/c1-3-8(2)11(14)12(16)15-10-6-4-9(13)5-7-10/h4-8,11H,3,14H2,1-2H3,(H,15,16). The summed E-state index contributed by atoms with van der Waals surface area (Å²) in [7, 11) is 0. The van der Waals surface area contributed by atoms with Crippen molar-refractivity contribution >= 4 is 27.5 Å². The predicted molar refractivity (Wildman–Crippen MR) is 70.2 cm³/mol. The average Bonchev–Trinajstić information content (AvgIpc) is 2.30. The van der Waals surface area contributed by atoms with Gasteiger partial charge in [-0.2, -0.15) is 0 Å². The van der Waals surface area contributed by atoms with Gasteiger partial charge in [-0.15, -0.1) is 0 Å². The SMILES string of the molecule is CCC(C)C(N)C(=O)Nc1ccc(Br)cc1. The fourth-order valence-corrected chi connectivity index (χ4v) is 1.54. The van der Waals surface area contributed by atoms with Crippen molar-refractivity contribution in [3.05, 3.63) is 28.7 Å². The number of hydrogen-bond donors (Lipinski definition) is 2. The molecule has 2 unspecified atom stereocenters. The second kappa shape index (κ2) is 6.01. The summed E-state index contributed by atoms with van der Waals surface area (Å²) in [5, 5.41) is 2.80. The van der Waals surface area contributed by atoms with Crippen LogP contribution in [0.1, 0.15) is 20.3 Å². The first kappa shape index (κ1) is 13.2. The van der Waals surface area contributed by atoms with E-state index in [4.69, 9.17) is 5.73 Å². The van der Waals surface area contributed by atoms with Gasteiger partial charge >= 0.3 is 0 Å². The number of benzene rings is 1. The van der Waals surface area contributed by atoms with Crippen LogP contribution in [0.3, 0.4) is 0 Å². The molecule has 0 heterocycles. The van der Waals surface area contributed by atoms with Crippen LogP contribution < -0.4 is 11.1 Å². The summed E-state index contributed by atoms with van der Waals surface area (Å²) in [6.45, 7) is 4.00. The molecule has 1 amide bonds. The van der Waals surface area contributed by atoms with E-state index in [-0.39, 0.29) is 11.8 Å². The Morgan fingerprint density at radius 3 is 2.50 bits per heavy atom. The summed E-state index contributed by atoms with van der Waals surface area (Å²) in [4.78, 5) is 11.7. The minimum Gasteiger partial charge on any atom is -0.325 e. The monoisotopic (exact) mass is 284 g/mol. The number of hydrogen-bond acceptors (Lipinski definition) is 2. The Balaban J connectivity index is 2.60. The van der Waals surface area contributed by atoms with E-state index in [1.165, 1.54) is 0 Å². The van der Waals surface area contributed by atoms with Crippen molar-refractivity contribution in [2.24, 2.45) is 11.7 Å². The minimum absolute atomic E-state index is 0.128. The molecular formula is C12H17BrN2O. The first-order valence-electron chi connectivity index (χ1n) is 5.36. The van der Waals surface area contributed by atoms with Gasteiger partial charge in [0.15, 0.2) is 0 Å². The molecule has 0 aliphatic carbocycles. The van der Waals surface area contributed by atoms with Crippen molar-refractivity contribution in [3.8, 4) is 0 Å². The quantitative estimate of drug-likeness (QED) is 0.893. The lowest BCUT2D eigenvalue weighted by Crippen LogP contribution is -2.40. The van der Waals surface area contributed by atoms with Crippen LogP contribution in [0.2, 0.25) is 0 Å².